The van der Waals surface area contributed by atoms with E-state index in [2.05, 4.69) is 6.58 Å². The SMILES string of the molecule is C=CC(OC(C)=O)c1cccc2ccccc12. The molecule has 0 saturated heterocycles. The van der Waals surface area contributed by atoms with Crippen LogP contribution in [0, 0.1) is 0 Å². The van der Waals surface area contributed by atoms with Gasteiger partial charge in [0.15, 0.2) is 0 Å². The van der Waals surface area contributed by atoms with Crippen molar-refractivity contribution >= 4 is 16.7 Å². The molecule has 2 rings (SSSR count). The molecule has 0 N–H and O–H groups in total. The Balaban J connectivity index is 2.53. The maximum atomic E-state index is 11.1. The molecule has 0 radical (unpaired) electrons. The number of carbonyl (C=O) groups excluding carboxylic acids is 1. The van der Waals surface area contributed by atoms with E-state index in [4.69, 9.17) is 4.74 Å². The van der Waals surface area contributed by atoms with Crippen LogP contribution >= 0.6 is 0 Å². The third-order valence-corrected chi connectivity index (χ3v) is 2.64. The topological polar surface area (TPSA) is 26.3 Å². The zero-order valence-corrected chi connectivity index (χ0v) is 9.72. The Labute approximate surface area is 101 Å². The minimum Gasteiger partial charge on any atom is -0.453 e. The molecule has 0 aliphatic heterocycles. The molecule has 17 heavy (non-hydrogen) atoms. The van der Waals surface area contributed by atoms with Crippen LogP contribution in [0.4, 0.5) is 0 Å². The van der Waals surface area contributed by atoms with Crippen LogP contribution in [0.15, 0.2) is 55.1 Å². The number of hydrogen-bond donors (Lipinski definition) is 0. The number of hydrogen-bond acceptors (Lipinski definition) is 2. The van der Waals surface area contributed by atoms with E-state index in [1.54, 1.807) is 6.08 Å². The Bertz CT molecular complexity index is 552. The molecule has 0 fully saturated rings. The first kappa shape index (κ1) is 11.4. The largest absolute Gasteiger partial charge is 0.453 e. The van der Waals surface area contributed by atoms with E-state index in [-0.39, 0.29) is 5.97 Å². The molecule has 1 unspecified atom stereocenters. The van der Waals surface area contributed by atoms with Crippen molar-refractivity contribution in [1.82, 2.24) is 0 Å². The van der Waals surface area contributed by atoms with Crippen LogP contribution in [0.3, 0.4) is 0 Å². The standard InChI is InChI=1S/C15H14O2/c1-3-15(17-11(2)16)14-10-6-8-12-7-4-5-9-13(12)14/h3-10,15H,1H2,2H3. The van der Waals surface area contributed by atoms with Crippen LogP contribution < -0.4 is 0 Å². The number of ether oxygens (including phenoxy) is 1. The third-order valence-electron chi connectivity index (χ3n) is 2.64. The van der Waals surface area contributed by atoms with Gasteiger partial charge in [-0.05, 0) is 16.8 Å². The van der Waals surface area contributed by atoms with Gasteiger partial charge in [0.1, 0.15) is 6.10 Å². The van der Waals surface area contributed by atoms with Gasteiger partial charge in [0.25, 0.3) is 0 Å². The monoisotopic (exact) mass is 226 g/mol. The first-order chi connectivity index (χ1) is 8.22. The average molecular weight is 226 g/mol. The van der Waals surface area contributed by atoms with E-state index >= 15 is 0 Å². The summed E-state index contributed by atoms with van der Waals surface area (Å²) in [6, 6.07) is 14.0. The molecule has 0 aromatic heterocycles. The summed E-state index contributed by atoms with van der Waals surface area (Å²) in [5.74, 6) is -0.303. The molecule has 0 heterocycles. The Morgan fingerprint density at radius 2 is 1.94 bits per heavy atom. The molecule has 0 saturated carbocycles. The molecule has 2 heteroatoms. The van der Waals surface area contributed by atoms with Gasteiger partial charge in [-0.2, -0.15) is 0 Å². The van der Waals surface area contributed by atoms with E-state index < -0.39 is 6.10 Å². The highest BCUT2D eigenvalue weighted by atomic mass is 16.5. The van der Waals surface area contributed by atoms with Crippen molar-refractivity contribution in [2.75, 3.05) is 0 Å². The van der Waals surface area contributed by atoms with E-state index in [9.17, 15) is 4.79 Å². The average Bonchev–Trinajstić information content (AvgIpc) is 2.35. The van der Waals surface area contributed by atoms with Gasteiger partial charge in [-0.1, -0.05) is 49.0 Å². The highest BCUT2D eigenvalue weighted by Gasteiger charge is 2.13. The Morgan fingerprint density at radius 3 is 2.65 bits per heavy atom. The quantitative estimate of drug-likeness (QED) is 0.590. The number of benzene rings is 2. The molecule has 2 aromatic carbocycles. The summed E-state index contributed by atoms with van der Waals surface area (Å²) in [7, 11) is 0. The van der Waals surface area contributed by atoms with Crippen LogP contribution in [0.25, 0.3) is 10.8 Å². The summed E-state index contributed by atoms with van der Waals surface area (Å²) in [4.78, 5) is 11.1. The molecule has 0 aliphatic rings. The Kier molecular flexibility index (Phi) is 3.24. The second-order valence-corrected chi connectivity index (χ2v) is 3.83. The first-order valence-electron chi connectivity index (χ1n) is 5.50. The third kappa shape index (κ3) is 2.36. The summed E-state index contributed by atoms with van der Waals surface area (Å²) < 4.78 is 5.24. The number of fused-ring (bicyclic) bond motifs is 1. The number of carbonyl (C=O) groups is 1. The first-order valence-corrected chi connectivity index (χ1v) is 5.50. The van der Waals surface area contributed by atoms with E-state index in [1.165, 1.54) is 6.92 Å². The molecular weight excluding hydrogens is 212 g/mol. The number of rotatable bonds is 3. The van der Waals surface area contributed by atoms with E-state index in [0.717, 1.165) is 16.3 Å². The van der Waals surface area contributed by atoms with Crippen molar-refractivity contribution in [2.45, 2.75) is 13.0 Å². The molecule has 0 bridgehead atoms. The summed E-state index contributed by atoms with van der Waals surface area (Å²) in [6.07, 6.45) is 1.25. The lowest BCUT2D eigenvalue weighted by Crippen LogP contribution is -2.06. The summed E-state index contributed by atoms with van der Waals surface area (Å²) >= 11 is 0. The summed E-state index contributed by atoms with van der Waals surface area (Å²) in [5.41, 5.74) is 0.966. The highest BCUT2D eigenvalue weighted by molar-refractivity contribution is 5.86. The van der Waals surface area contributed by atoms with Gasteiger partial charge in [-0.15, -0.1) is 0 Å². The van der Waals surface area contributed by atoms with Crippen LogP contribution in [0.2, 0.25) is 0 Å². The van der Waals surface area contributed by atoms with Gasteiger partial charge >= 0.3 is 5.97 Å². The Hall–Kier alpha value is -2.09. The van der Waals surface area contributed by atoms with Gasteiger partial charge in [0.05, 0.1) is 0 Å². The van der Waals surface area contributed by atoms with Gasteiger partial charge in [0, 0.05) is 12.5 Å². The fourth-order valence-corrected chi connectivity index (χ4v) is 1.92. The maximum absolute atomic E-state index is 11.1. The zero-order valence-electron chi connectivity index (χ0n) is 9.72. The predicted octanol–water partition coefficient (Wildman–Crippen LogP) is 3.63. The van der Waals surface area contributed by atoms with Crippen LogP contribution in [0.1, 0.15) is 18.6 Å². The lowest BCUT2D eigenvalue weighted by molar-refractivity contribution is -0.144. The van der Waals surface area contributed by atoms with Gasteiger partial charge in [-0.25, -0.2) is 0 Å². The molecular formula is C15H14O2. The minimum absolute atomic E-state index is 0.303. The fraction of sp³-hybridized carbons (Fsp3) is 0.133. The van der Waals surface area contributed by atoms with Crippen LogP contribution in [-0.4, -0.2) is 5.97 Å². The molecule has 2 aromatic rings. The van der Waals surface area contributed by atoms with E-state index in [1.807, 2.05) is 42.5 Å². The zero-order chi connectivity index (χ0) is 12.3. The fourth-order valence-electron chi connectivity index (χ4n) is 1.92. The van der Waals surface area contributed by atoms with Crippen molar-refractivity contribution in [3.63, 3.8) is 0 Å². The maximum Gasteiger partial charge on any atom is 0.303 e. The van der Waals surface area contributed by atoms with Crippen LogP contribution in [0.5, 0.6) is 0 Å². The molecule has 0 aliphatic carbocycles. The molecule has 1 atom stereocenters. The lowest BCUT2D eigenvalue weighted by atomic mass is 10.0. The highest BCUT2D eigenvalue weighted by Crippen LogP contribution is 2.27. The van der Waals surface area contributed by atoms with Gasteiger partial charge in [0.2, 0.25) is 0 Å². The summed E-state index contributed by atoms with van der Waals surface area (Å²) in [5, 5.41) is 2.21. The van der Waals surface area contributed by atoms with Crippen molar-refractivity contribution in [3.8, 4) is 0 Å². The molecule has 86 valence electrons. The lowest BCUT2D eigenvalue weighted by Gasteiger charge is -2.15. The normalized spacial score (nSPS) is 12.1. The van der Waals surface area contributed by atoms with Crippen molar-refractivity contribution in [1.29, 1.82) is 0 Å². The molecule has 2 nitrogen and oxygen atoms in total. The van der Waals surface area contributed by atoms with Gasteiger partial charge in [-0.3, -0.25) is 4.79 Å². The second kappa shape index (κ2) is 4.83. The van der Waals surface area contributed by atoms with Gasteiger partial charge < -0.3 is 4.74 Å². The minimum atomic E-state index is -0.390. The van der Waals surface area contributed by atoms with Crippen molar-refractivity contribution in [2.24, 2.45) is 0 Å². The Morgan fingerprint density at radius 1 is 1.24 bits per heavy atom. The molecule has 0 amide bonds. The predicted molar refractivity (Wildman–Crippen MR) is 68.7 cm³/mol. The summed E-state index contributed by atoms with van der Waals surface area (Å²) in [6.45, 7) is 5.12. The van der Waals surface area contributed by atoms with E-state index in [0.29, 0.717) is 0 Å². The van der Waals surface area contributed by atoms with Crippen molar-refractivity contribution < 1.29 is 9.53 Å². The van der Waals surface area contributed by atoms with Crippen LogP contribution in [-0.2, 0) is 9.53 Å². The van der Waals surface area contributed by atoms with Crippen molar-refractivity contribution in [3.05, 3.63) is 60.7 Å². The number of esters is 1. The second-order valence-electron chi connectivity index (χ2n) is 3.83. The smallest absolute Gasteiger partial charge is 0.303 e. The molecule has 0 spiro atoms.